The Labute approximate surface area is 79.7 Å². The van der Waals surface area contributed by atoms with Crippen LogP contribution in [0, 0.1) is 0 Å². The number of rotatable bonds is 3. The molecule has 0 N–H and O–H groups in total. The maximum atomic E-state index is 10.7. The average molecular weight is 215 g/mol. The van der Waals surface area contributed by atoms with E-state index in [1.807, 2.05) is 0 Å². The van der Waals surface area contributed by atoms with Crippen molar-refractivity contribution < 1.29 is 19.1 Å². The lowest BCUT2D eigenvalue weighted by Crippen LogP contribution is -2.33. The Kier molecular flexibility index (Phi) is 5.01. The second-order valence-corrected chi connectivity index (χ2v) is 2.79. The largest absolute Gasteiger partial charge is 0.468 e. The number of alkyl halides is 2. The van der Waals surface area contributed by atoms with E-state index in [2.05, 4.69) is 9.47 Å². The van der Waals surface area contributed by atoms with E-state index in [9.17, 15) is 9.59 Å². The average Bonchev–Trinajstić information content (AvgIpc) is 2.12. The van der Waals surface area contributed by atoms with Crippen LogP contribution in [0.1, 0.15) is 0 Å². The molecule has 0 aliphatic carbocycles. The lowest BCUT2D eigenvalue weighted by Gasteiger charge is -2.10. The summed E-state index contributed by atoms with van der Waals surface area (Å²) in [7, 11) is 2.30. The molecular weight excluding hydrogens is 207 g/mol. The second kappa shape index (κ2) is 5.22. The summed E-state index contributed by atoms with van der Waals surface area (Å²) >= 11 is 10.9. The van der Waals surface area contributed by atoms with Gasteiger partial charge in [-0.1, -0.05) is 0 Å². The first-order chi connectivity index (χ1) is 5.54. The molecule has 4 nitrogen and oxygen atoms in total. The van der Waals surface area contributed by atoms with Gasteiger partial charge in [0.25, 0.3) is 0 Å². The van der Waals surface area contributed by atoms with Gasteiger partial charge < -0.3 is 9.47 Å². The highest BCUT2D eigenvalue weighted by atomic mass is 35.5. The molecule has 2 atom stereocenters. The molecule has 0 unspecified atom stereocenters. The molecule has 0 aromatic carbocycles. The van der Waals surface area contributed by atoms with Gasteiger partial charge in [-0.25, -0.2) is 0 Å². The van der Waals surface area contributed by atoms with Crippen LogP contribution < -0.4 is 0 Å². The highest BCUT2D eigenvalue weighted by Gasteiger charge is 2.31. The van der Waals surface area contributed by atoms with Crippen LogP contribution in [0.3, 0.4) is 0 Å². The van der Waals surface area contributed by atoms with Crippen LogP contribution in [-0.2, 0) is 19.1 Å². The van der Waals surface area contributed by atoms with E-state index in [4.69, 9.17) is 23.2 Å². The molecule has 0 fully saturated rings. The molecule has 0 saturated heterocycles. The molecular formula is C6H8Cl2O4. The zero-order chi connectivity index (χ0) is 9.72. The molecule has 0 spiro atoms. The summed E-state index contributed by atoms with van der Waals surface area (Å²) in [6.45, 7) is 0. The van der Waals surface area contributed by atoms with E-state index in [1.54, 1.807) is 0 Å². The quantitative estimate of drug-likeness (QED) is 0.509. The van der Waals surface area contributed by atoms with Gasteiger partial charge in [-0.15, -0.1) is 23.2 Å². The Balaban J connectivity index is 4.18. The highest BCUT2D eigenvalue weighted by molar-refractivity contribution is 6.41. The van der Waals surface area contributed by atoms with Crippen molar-refractivity contribution in [2.45, 2.75) is 10.8 Å². The first-order valence-corrected chi connectivity index (χ1v) is 3.85. The molecule has 0 bridgehead atoms. The third-order valence-electron chi connectivity index (χ3n) is 1.11. The highest BCUT2D eigenvalue weighted by Crippen LogP contribution is 2.12. The van der Waals surface area contributed by atoms with E-state index < -0.39 is 22.7 Å². The summed E-state index contributed by atoms with van der Waals surface area (Å²) in [5.41, 5.74) is 0. The Morgan fingerprint density at radius 2 is 1.25 bits per heavy atom. The van der Waals surface area contributed by atoms with E-state index >= 15 is 0 Å². The molecule has 0 aromatic rings. The molecule has 12 heavy (non-hydrogen) atoms. The van der Waals surface area contributed by atoms with E-state index in [1.165, 1.54) is 0 Å². The first kappa shape index (κ1) is 11.5. The van der Waals surface area contributed by atoms with Crippen LogP contribution in [0.15, 0.2) is 0 Å². The summed E-state index contributed by atoms with van der Waals surface area (Å²) in [6.07, 6.45) is 0. The van der Waals surface area contributed by atoms with Gasteiger partial charge in [0, 0.05) is 0 Å². The number of hydrogen-bond acceptors (Lipinski definition) is 4. The standard InChI is InChI=1S/C6H8Cl2O4/c1-11-5(9)3(7)4(8)6(10)12-2/h3-4H,1-2H3/t3-,4-/m0/s1. The summed E-state index contributed by atoms with van der Waals surface area (Å²) < 4.78 is 8.53. The molecule has 0 aliphatic rings. The minimum atomic E-state index is -1.22. The number of methoxy groups -OCH3 is 2. The fourth-order valence-corrected chi connectivity index (χ4v) is 0.848. The van der Waals surface area contributed by atoms with Crippen molar-refractivity contribution in [1.82, 2.24) is 0 Å². The second-order valence-electron chi connectivity index (χ2n) is 1.85. The number of hydrogen-bond donors (Lipinski definition) is 0. The van der Waals surface area contributed by atoms with Gasteiger partial charge >= 0.3 is 11.9 Å². The maximum Gasteiger partial charge on any atom is 0.325 e. The molecule has 0 radical (unpaired) electrons. The zero-order valence-corrected chi connectivity index (χ0v) is 8.06. The number of carbonyl (C=O) groups excluding carboxylic acids is 2. The van der Waals surface area contributed by atoms with Gasteiger partial charge in [0.15, 0.2) is 10.8 Å². The van der Waals surface area contributed by atoms with E-state index in [0.717, 1.165) is 14.2 Å². The Hall–Kier alpha value is -0.480. The molecule has 0 aliphatic heterocycles. The predicted molar refractivity (Wildman–Crippen MR) is 43.3 cm³/mol. The van der Waals surface area contributed by atoms with Gasteiger partial charge in [0.2, 0.25) is 0 Å². The van der Waals surface area contributed by atoms with Gasteiger partial charge in [-0.2, -0.15) is 0 Å². The molecule has 0 rings (SSSR count). The van der Waals surface area contributed by atoms with E-state index in [0.29, 0.717) is 0 Å². The number of halogens is 2. The van der Waals surface area contributed by atoms with Crippen LogP contribution in [0.4, 0.5) is 0 Å². The van der Waals surface area contributed by atoms with Gasteiger partial charge in [0.1, 0.15) is 0 Å². The predicted octanol–water partition coefficient (Wildman–Crippen LogP) is 0.547. The summed E-state index contributed by atoms with van der Waals surface area (Å²) in [4.78, 5) is 21.5. The van der Waals surface area contributed by atoms with Crippen LogP contribution in [-0.4, -0.2) is 36.9 Å². The summed E-state index contributed by atoms with van der Waals surface area (Å²) in [5.74, 6) is -1.52. The lowest BCUT2D eigenvalue weighted by molar-refractivity contribution is -0.146. The number of ether oxygens (including phenoxy) is 2. The van der Waals surface area contributed by atoms with Crippen LogP contribution in [0.2, 0.25) is 0 Å². The SMILES string of the molecule is COC(=O)[C@@H](Cl)[C@H](Cl)C(=O)OC. The topological polar surface area (TPSA) is 52.6 Å². The first-order valence-electron chi connectivity index (χ1n) is 2.98. The van der Waals surface area contributed by atoms with Crippen LogP contribution in [0.5, 0.6) is 0 Å². The monoisotopic (exact) mass is 214 g/mol. The molecule has 6 heteroatoms. The molecule has 0 amide bonds. The lowest BCUT2D eigenvalue weighted by atomic mass is 10.3. The summed E-state index contributed by atoms with van der Waals surface area (Å²) in [6, 6.07) is 0. The fourth-order valence-electron chi connectivity index (χ4n) is 0.464. The van der Waals surface area contributed by atoms with Crippen molar-refractivity contribution >= 4 is 35.1 Å². The van der Waals surface area contributed by atoms with Crippen molar-refractivity contribution in [2.75, 3.05) is 14.2 Å². The van der Waals surface area contributed by atoms with E-state index in [-0.39, 0.29) is 0 Å². The maximum absolute atomic E-state index is 10.7. The summed E-state index contributed by atoms with van der Waals surface area (Å²) in [5, 5.41) is -2.44. The van der Waals surface area contributed by atoms with Crippen molar-refractivity contribution in [1.29, 1.82) is 0 Å². The minimum Gasteiger partial charge on any atom is -0.468 e. The number of carbonyl (C=O) groups is 2. The normalized spacial score (nSPS) is 14.7. The van der Waals surface area contributed by atoms with Gasteiger partial charge in [-0.3, -0.25) is 9.59 Å². The molecule has 0 heterocycles. The smallest absolute Gasteiger partial charge is 0.325 e. The van der Waals surface area contributed by atoms with Crippen molar-refractivity contribution in [3.8, 4) is 0 Å². The molecule has 0 aromatic heterocycles. The third-order valence-corrected chi connectivity index (χ3v) is 2.10. The Bertz CT molecular complexity index is 162. The third kappa shape index (κ3) is 2.87. The fraction of sp³-hybridized carbons (Fsp3) is 0.667. The van der Waals surface area contributed by atoms with Crippen LogP contribution in [0.25, 0.3) is 0 Å². The zero-order valence-electron chi connectivity index (χ0n) is 6.54. The van der Waals surface area contributed by atoms with Gasteiger partial charge in [0.05, 0.1) is 14.2 Å². The Morgan fingerprint density at radius 3 is 1.42 bits per heavy atom. The van der Waals surface area contributed by atoms with Crippen molar-refractivity contribution in [3.05, 3.63) is 0 Å². The van der Waals surface area contributed by atoms with Gasteiger partial charge in [-0.05, 0) is 0 Å². The van der Waals surface area contributed by atoms with Crippen molar-refractivity contribution in [3.63, 3.8) is 0 Å². The Morgan fingerprint density at radius 1 is 1.00 bits per heavy atom. The molecule has 0 saturated carbocycles. The minimum absolute atomic E-state index is 0.762. The van der Waals surface area contributed by atoms with Crippen LogP contribution >= 0.6 is 23.2 Å². The molecule has 70 valence electrons. The number of esters is 2. The van der Waals surface area contributed by atoms with Crippen molar-refractivity contribution in [2.24, 2.45) is 0 Å².